The highest BCUT2D eigenvalue weighted by Gasteiger charge is 2.25. The van der Waals surface area contributed by atoms with Crippen LogP contribution in [-0.2, 0) is 0 Å². The summed E-state index contributed by atoms with van der Waals surface area (Å²) >= 11 is 6.15. The predicted molar refractivity (Wildman–Crippen MR) is 127 cm³/mol. The largest absolute Gasteiger partial charge is 0.481 e. The van der Waals surface area contributed by atoms with Gasteiger partial charge in [-0.2, -0.15) is 10.1 Å². The normalized spacial score (nSPS) is 16.5. The molecule has 170 valence electrons. The van der Waals surface area contributed by atoms with Gasteiger partial charge in [0.15, 0.2) is 11.6 Å². The van der Waals surface area contributed by atoms with Gasteiger partial charge in [-0.3, -0.25) is 14.8 Å². The molecule has 0 aliphatic carbocycles. The van der Waals surface area contributed by atoms with E-state index >= 15 is 0 Å². The lowest BCUT2D eigenvalue weighted by atomic mass is 10.1. The summed E-state index contributed by atoms with van der Waals surface area (Å²) in [7, 11) is 1.54. The molecule has 4 rings (SSSR count). The summed E-state index contributed by atoms with van der Waals surface area (Å²) < 4.78 is 5.15. The summed E-state index contributed by atoms with van der Waals surface area (Å²) in [5, 5.41) is 7.69. The van der Waals surface area contributed by atoms with Gasteiger partial charge in [-0.25, -0.2) is 4.98 Å². The minimum atomic E-state index is 0. The average Bonchev–Trinajstić information content (AvgIpc) is 3.28. The molecule has 0 saturated carbocycles. The molecule has 1 aliphatic rings. The van der Waals surface area contributed by atoms with E-state index in [4.69, 9.17) is 16.3 Å². The Labute approximate surface area is 198 Å². The Balaban J connectivity index is 0.00000289. The number of carbonyl (C=O) groups excluding carboxylic acids is 1. The maximum Gasteiger partial charge on any atom is 0.216 e. The van der Waals surface area contributed by atoms with Crippen LogP contribution in [0.1, 0.15) is 23.7 Å². The first kappa shape index (κ1) is 24.0. The number of Topliss-reactive ketones (excluding diaryl/α,β-unsaturated/α-hetero) is 1. The van der Waals surface area contributed by atoms with Gasteiger partial charge in [0.05, 0.1) is 12.7 Å². The van der Waals surface area contributed by atoms with Crippen LogP contribution < -0.4 is 9.64 Å². The number of ether oxygens (including phenoxy) is 1. The molecule has 1 atom stereocenters. The first-order chi connectivity index (χ1) is 15.0. The third kappa shape index (κ3) is 5.38. The SMILES string of the molecule is COc1ccnc(-c2n[nH]cc2C(=O)CCN2CCN(c3cccc(Cl)c3)C(C)C2)n1.Cl. The van der Waals surface area contributed by atoms with Crippen molar-refractivity contribution in [1.29, 1.82) is 0 Å². The van der Waals surface area contributed by atoms with Gasteiger partial charge in [-0.15, -0.1) is 12.4 Å². The molecular weight excluding hydrogens is 451 g/mol. The fraction of sp³-hybridized carbons (Fsp3) is 0.364. The second-order valence-corrected chi connectivity index (χ2v) is 8.00. The molecule has 2 aromatic heterocycles. The number of benzene rings is 1. The molecule has 0 amide bonds. The van der Waals surface area contributed by atoms with Crippen LogP contribution in [0.15, 0.2) is 42.7 Å². The number of aromatic amines is 1. The average molecular weight is 477 g/mol. The molecule has 10 heteroatoms. The number of aromatic nitrogens is 4. The van der Waals surface area contributed by atoms with Crippen molar-refractivity contribution in [3.05, 3.63) is 53.3 Å². The van der Waals surface area contributed by atoms with Crippen molar-refractivity contribution in [2.45, 2.75) is 19.4 Å². The van der Waals surface area contributed by atoms with Crippen LogP contribution in [0.25, 0.3) is 11.5 Å². The van der Waals surface area contributed by atoms with Crippen LogP contribution in [0.4, 0.5) is 5.69 Å². The molecule has 1 aromatic carbocycles. The third-order valence-electron chi connectivity index (χ3n) is 5.50. The van der Waals surface area contributed by atoms with Crippen LogP contribution in [0.2, 0.25) is 5.02 Å². The van der Waals surface area contributed by atoms with Gasteiger partial charge < -0.3 is 9.64 Å². The number of ketones is 1. The van der Waals surface area contributed by atoms with Crippen molar-refractivity contribution in [2.24, 2.45) is 0 Å². The van der Waals surface area contributed by atoms with Crippen LogP contribution in [0.5, 0.6) is 5.88 Å². The third-order valence-corrected chi connectivity index (χ3v) is 5.73. The monoisotopic (exact) mass is 476 g/mol. The fourth-order valence-electron chi connectivity index (χ4n) is 3.91. The maximum absolute atomic E-state index is 12.9. The van der Waals surface area contributed by atoms with Crippen molar-refractivity contribution >= 4 is 35.5 Å². The molecule has 1 saturated heterocycles. The molecule has 0 bridgehead atoms. The number of carbonyl (C=O) groups is 1. The van der Waals surface area contributed by atoms with E-state index in [0.717, 1.165) is 30.3 Å². The molecule has 32 heavy (non-hydrogen) atoms. The summed E-state index contributed by atoms with van der Waals surface area (Å²) in [5.41, 5.74) is 2.08. The van der Waals surface area contributed by atoms with Gasteiger partial charge in [0.1, 0.15) is 5.69 Å². The highest BCUT2D eigenvalue weighted by Crippen LogP contribution is 2.24. The van der Waals surface area contributed by atoms with E-state index in [1.165, 1.54) is 7.11 Å². The van der Waals surface area contributed by atoms with Crippen LogP contribution in [0, 0.1) is 0 Å². The van der Waals surface area contributed by atoms with E-state index in [9.17, 15) is 4.79 Å². The Hall–Kier alpha value is -2.68. The van der Waals surface area contributed by atoms with Gasteiger partial charge >= 0.3 is 0 Å². The van der Waals surface area contributed by atoms with E-state index in [-0.39, 0.29) is 18.2 Å². The Morgan fingerprint density at radius 1 is 1.31 bits per heavy atom. The lowest BCUT2D eigenvalue weighted by Crippen LogP contribution is -2.52. The smallest absolute Gasteiger partial charge is 0.216 e. The van der Waals surface area contributed by atoms with Crippen LogP contribution in [-0.4, -0.2) is 70.2 Å². The minimum Gasteiger partial charge on any atom is -0.481 e. The predicted octanol–water partition coefficient (Wildman–Crippen LogP) is 3.73. The topological polar surface area (TPSA) is 87.2 Å². The maximum atomic E-state index is 12.9. The van der Waals surface area contributed by atoms with E-state index in [1.54, 1.807) is 18.5 Å². The van der Waals surface area contributed by atoms with E-state index in [2.05, 4.69) is 43.0 Å². The number of H-pyrrole nitrogens is 1. The molecule has 8 nitrogen and oxygen atoms in total. The quantitative estimate of drug-likeness (QED) is 0.519. The number of rotatable bonds is 7. The number of nitrogens with one attached hydrogen (secondary N) is 1. The number of methoxy groups -OCH3 is 1. The lowest BCUT2D eigenvalue weighted by Gasteiger charge is -2.41. The number of hydrogen-bond donors (Lipinski definition) is 1. The van der Waals surface area contributed by atoms with Crippen molar-refractivity contribution in [3.63, 3.8) is 0 Å². The zero-order valence-corrected chi connectivity index (χ0v) is 19.6. The molecule has 3 heterocycles. The van der Waals surface area contributed by atoms with Crippen molar-refractivity contribution < 1.29 is 9.53 Å². The summed E-state index contributed by atoms with van der Waals surface area (Å²) in [6.07, 6.45) is 3.60. The molecule has 3 aromatic rings. The zero-order valence-electron chi connectivity index (χ0n) is 18.0. The fourth-order valence-corrected chi connectivity index (χ4v) is 4.10. The Kier molecular flexibility index (Phi) is 8.06. The number of nitrogens with zero attached hydrogens (tertiary/aromatic N) is 5. The van der Waals surface area contributed by atoms with Crippen LogP contribution >= 0.6 is 24.0 Å². The van der Waals surface area contributed by atoms with E-state index < -0.39 is 0 Å². The minimum absolute atomic E-state index is 0. The van der Waals surface area contributed by atoms with Gasteiger partial charge in [-0.1, -0.05) is 17.7 Å². The lowest BCUT2D eigenvalue weighted by molar-refractivity contribution is 0.0959. The Bertz CT molecular complexity index is 1060. The highest BCUT2D eigenvalue weighted by molar-refractivity contribution is 6.30. The molecule has 1 unspecified atom stereocenters. The molecule has 0 spiro atoms. The number of hydrogen-bond acceptors (Lipinski definition) is 7. The second kappa shape index (κ2) is 10.8. The number of anilines is 1. The first-order valence-corrected chi connectivity index (χ1v) is 10.6. The number of piperazine rings is 1. The molecule has 1 aliphatic heterocycles. The number of halogens is 2. The van der Waals surface area contributed by atoms with Crippen LogP contribution in [0.3, 0.4) is 0 Å². The molecular formula is C22H26Cl2N6O2. The van der Waals surface area contributed by atoms with Crippen molar-refractivity contribution in [3.8, 4) is 17.4 Å². The molecule has 0 radical (unpaired) electrons. The Morgan fingerprint density at radius 2 is 2.16 bits per heavy atom. The zero-order chi connectivity index (χ0) is 21.8. The summed E-state index contributed by atoms with van der Waals surface area (Å²) in [5.74, 6) is 0.811. The van der Waals surface area contributed by atoms with Crippen molar-refractivity contribution in [1.82, 2.24) is 25.1 Å². The van der Waals surface area contributed by atoms with E-state index in [1.807, 2.05) is 18.2 Å². The van der Waals surface area contributed by atoms with Gasteiger partial charge in [-0.05, 0) is 25.1 Å². The summed E-state index contributed by atoms with van der Waals surface area (Å²) in [4.78, 5) is 26.1. The summed E-state index contributed by atoms with van der Waals surface area (Å²) in [6, 6.07) is 9.93. The van der Waals surface area contributed by atoms with E-state index in [0.29, 0.717) is 42.0 Å². The van der Waals surface area contributed by atoms with Gasteiger partial charge in [0.2, 0.25) is 5.88 Å². The highest BCUT2D eigenvalue weighted by atomic mass is 35.5. The second-order valence-electron chi connectivity index (χ2n) is 7.57. The molecule has 1 N–H and O–H groups in total. The first-order valence-electron chi connectivity index (χ1n) is 10.2. The summed E-state index contributed by atoms with van der Waals surface area (Å²) in [6.45, 7) is 5.56. The van der Waals surface area contributed by atoms with Gasteiger partial charge in [0.25, 0.3) is 0 Å². The molecule has 1 fully saturated rings. The van der Waals surface area contributed by atoms with Gasteiger partial charge in [0, 0.05) is 67.8 Å². The van der Waals surface area contributed by atoms with Crippen molar-refractivity contribution in [2.75, 3.05) is 38.2 Å². The standard InChI is InChI=1S/C22H25ClN6O2.ClH/c1-15-14-28(10-11-29(15)17-5-3-4-16(23)12-17)9-7-19(30)18-13-25-27-21(18)22-24-8-6-20(26-22)31-2;/h3-6,8,12-13,15H,7,9-11,14H2,1-2H3,(H,25,27);1H. The Morgan fingerprint density at radius 3 is 2.91 bits per heavy atom.